The van der Waals surface area contributed by atoms with E-state index >= 15 is 0 Å². The van der Waals surface area contributed by atoms with Crippen molar-refractivity contribution in [3.05, 3.63) is 36.4 Å². The van der Waals surface area contributed by atoms with Crippen LogP contribution in [0.3, 0.4) is 0 Å². The number of aryl methyl sites for hydroxylation is 2. The van der Waals surface area contributed by atoms with Gasteiger partial charge in [-0.05, 0) is 25.7 Å². The minimum absolute atomic E-state index is 0.0947. The van der Waals surface area contributed by atoms with Gasteiger partial charge < -0.3 is 18.9 Å². The summed E-state index contributed by atoms with van der Waals surface area (Å²) in [5, 5.41) is 0. The van der Waals surface area contributed by atoms with Gasteiger partial charge >= 0.3 is 0 Å². The molecule has 168 valence electrons. The second-order valence-electron chi connectivity index (χ2n) is 8.40. The van der Waals surface area contributed by atoms with Crippen molar-refractivity contribution in [2.24, 2.45) is 14.1 Å². The minimum atomic E-state index is 0.0947. The van der Waals surface area contributed by atoms with Gasteiger partial charge in [0.15, 0.2) is 0 Å². The van der Waals surface area contributed by atoms with Crippen LogP contribution < -0.4 is 0 Å². The number of imidazole rings is 2. The number of nitrogens with zero attached hydrogens (tertiary/aromatic N) is 6. The number of rotatable bonds is 8. The molecular formula is C22H32N6O2S. The normalized spacial score (nSPS) is 21.2. The molecule has 2 atom stereocenters. The molecule has 4 rings (SSSR count). The Balaban J connectivity index is 1.20. The number of likely N-dealkylation sites (tertiary alicyclic amines) is 2. The number of amides is 2. The molecule has 31 heavy (non-hydrogen) atoms. The highest BCUT2D eigenvalue weighted by atomic mass is 32.2. The zero-order valence-corrected chi connectivity index (χ0v) is 19.3. The van der Waals surface area contributed by atoms with Gasteiger partial charge in [0, 0.05) is 76.3 Å². The first-order valence-corrected chi connectivity index (χ1v) is 12.3. The average Bonchev–Trinajstić information content (AvgIpc) is 3.53. The molecule has 2 saturated heterocycles. The summed E-state index contributed by atoms with van der Waals surface area (Å²) in [6.45, 7) is 1.62. The number of carbonyl (C=O) groups excluding carboxylic acids is 2. The summed E-state index contributed by atoms with van der Waals surface area (Å²) in [5.41, 5.74) is 0. The highest BCUT2D eigenvalue weighted by Crippen LogP contribution is 2.32. The van der Waals surface area contributed by atoms with E-state index in [9.17, 15) is 9.59 Å². The molecule has 2 aliphatic heterocycles. The Labute approximate surface area is 188 Å². The molecule has 2 fully saturated rings. The summed E-state index contributed by atoms with van der Waals surface area (Å²) in [7, 11) is 3.96. The summed E-state index contributed by atoms with van der Waals surface area (Å²) in [4.78, 5) is 38.4. The molecule has 0 aliphatic carbocycles. The first-order valence-electron chi connectivity index (χ1n) is 11.2. The van der Waals surface area contributed by atoms with Crippen molar-refractivity contribution in [3.63, 3.8) is 0 Å². The van der Waals surface area contributed by atoms with Crippen molar-refractivity contribution in [2.75, 3.05) is 24.6 Å². The number of carbonyl (C=O) groups is 2. The monoisotopic (exact) mass is 444 g/mol. The quantitative estimate of drug-likeness (QED) is 0.585. The number of hydrogen-bond acceptors (Lipinski definition) is 5. The van der Waals surface area contributed by atoms with Gasteiger partial charge in [-0.1, -0.05) is 0 Å². The Morgan fingerprint density at radius 1 is 0.871 bits per heavy atom. The lowest BCUT2D eigenvalue weighted by Crippen LogP contribution is -2.32. The molecule has 2 amide bonds. The Morgan fingerprint density at radius 2 is 1.32 bits per heavy atom. The molecule has 2 aromatic rings. The third-order valence-corrected chi connectivity index (χ3v) is 7.37. The third-order valence-electron chi connectivity index (χ3n) is 6.38. The molecule has 8 nitrogen and oxygen atoms in total. The van der Waals surface area contributed by atoms with Crippen LogP contribution in [0.2, 0.25) is 0 Å². The van der Waals surface area contributed by atoms with Gasteiger partial charge in [-0.3, -0.25) is 9.59 Å². The second kappa shape index (κ2) is 9.89. The Kier molecular flexibility index (Phi) is 6.99. The van der Waals surface area contributed by atoms with Gasteiger partial charge in [-0.25, -0.2) is 9.97 Å². The zero-order chi connectivity index (χ0) is 21.8. The van der Waals surface area contributed by atoms with Crippen molar-refractivity contribution >= 4 is 23.6 Å². The Morgan fingerprint density at radius 3 is 1.71 bits per heavy atom. The second-order valence-corrected chi connectivity index (χ2v) is 9.62. The van der Waals surface area contributed by atoms with Crippen LogP contribution in [-0.2, 0) is 23.7 Å². The maximum Gasteiger partial charge on any atom is 0.224 e. The van der Waals surface area contributed by atoms with E-state index in [0.717, 1.165) is 61.9 Å². The SMILES string of the molecule is Cn1ccnc1C1CCCN1C(=O)CCSCCC(=O)N1CCCC1c1nccn1C. The molecule has 0 radical (unpaired) electrons. The van der Waals surface area contributed by atoms with Gasteiger partial charge in [0.1, 0.15) is 11.6 Å². The van der Waals surface area contributed by atoms with E-state index in [1.165, 1.54) is 0 Å². The fourth-order valence-corrected chi connectivity index (χ4v) is 5.61. The van der Waals surface area contributed by atoms with E-state index in [-0.39, 0.29) is 23.9 Å². The lowest BCUT2D eigenvalue weighted by atomic mass is 10.2. The fourth-order valence-electron chi connectivity index (χ4n) is 4.77. The van der Waals surface area contributed by atoms with Gasteiger partial charge in [0.05, 0.1) is 12.1 Å². The van der Waals surface area contributed by atoms with Gasteiger partial charge in [-0.2, -0.15) is 11.8 Å². The summed E-state index contributed by atoms with van der Waals surface area (Å²) >= 11 is 1.69. The van der Waals surface area contributed by atoms with Crippen LogP contribution in [0.25, 0.3) is 0 Å². The maximum atomic E-state index is 12.8. The molecule has 0 spiro atoms. The molecule has 2 unspecified atom stereocenters. The molecule has 0 N–H and O–H groups in total. The van der Waals surface area contributed by atoms with Crippen LogP contribution in [0.5, 0.6) is 0 Å². The predicted octanol–water partition coefficient (Wildman–Crippen LogP) is 2.69. The van der Waals surface area contributed by atoms with Gasteiger partial charge in [0.25, 0.3) is 0 Å². The van der Waals surface area contributed by atoms with Gasteiger partial charge in [0.2, 0.25) is 11.8 Å². The lowest BCUT2D eigenvalue weighted by Gasteiger charge is -2.25. The minimum Gasteiger partial charge on any atom is -0.336 e. The van der Waals surface area contributed by atoms with Crippen LogP contribution in [0.1, 0.15) is 62.3 Å². The summed E-state index contributed by atoms with van der Waals surface area (Å²) in [6.07, 6.45) is 12.5. The molecular weight excluding hydrogens is 412 g/mol. The van der Waals surface area contributed by atoms with Crippen molar-refractivity contribution in [1.82, 2.24) is 28.9 Å². The molecule has 2 aliphatic rings. The maximum absolute atomic E-state index is 12.8. The van der Waals surface area contributed by atoms with Crippen LogP contribution in [0.15, 0.2) is 24.8 Å². The molecule has 0 saturated carbocycles. The molecule has 9 heteroatoms. The summed E-state index contributed by atoms with van der Waals surface area (Å²) < 4.78 is 4.01. The van der Waals surface area contributed by atoms with Crippen molar-refractivity contribution in [2.45, 2.75) is 50.6 Å². The van der Waals surface area contributed by atoms with E-state index < -0.39 is 0 Å². The van der Waals surface area contributed by atoms with Gasteiger partial charge in [-0.15, -0.1) is 0 Å². The zero-order valence-electron chi connectivity index (χ0n) is 18.4. The van der Waals surface area contributed by atoms with Crippen molar-refractivity contribution in [1.29, 1.82) is 0 Å². The van der Waals surface area contributed by atoms with Crippen molar-refractivity contribution < 1.29 is 9.59 Å². The molecule has 0 bridgehead atoms. The van der Waals surface area contributed by atoms with Crippen LogP contribution in [0, 0.1) is 0 Å². The van der Waals surface area contributed by atoms with Crippen LogP contribution in [0.4, 0.5) is 0 Å². The van der Waals surface area contributed by atoms with E-state index in [1.54, 1.807) is 24.2 Å². The number of thioether (sulfide) groups is 1. The molecule has 2 aromatic heterocycles. The smallest absolute Gasteiger partial charge is 0.224 e. The first-order chi connectivity index (χ1) is 15.1. The third kappa shape index (κ3) is 4.81. The fraction of sp³-hybridized carbons (Fsp3) is 0.636. The molecule has 4 heterocycles. The van der Waals surface area contributed by atoms with E-state index in [1.807, 2.05) is 45.4 Å². The van der Waals surface area contributed by atoms with E-state index in [4.69, 9.17) is 0 Å². The van der Waals surface area contributed by atoms with E-state index in [0.29, 0.717) is 12.8 Å². The average molecular weight is 445 g/mol. The van der Waals surface area contributed by atoms with Crippen molar-refractivity contribution in [3.8, 4) is 0 Å². The summed E-state index contributed by atoms with van der Waals surface area (Å²) in [6, 6.07) is 0.189. The standard InChI is InChI=1S/C22H32N6O2S/c1-25-13-9-23-21(25)17-5-3-11-27(17)19(29)7-15-31-16-8-20(30)28-12-4-6-18(28)22-24-10-14-26(22)2/h9-10,13-14,17-18H,3-8,11-12,15-16H2,1-2H3. The molecule has 0 aromatic carbocycles. The highest BCUT2D eigenvalue weighted by Gasteiger charge is 2.33. The summed E-state index contributed by atoms with van der Waals surface area (Å²) in [5.74, 6) is 3.82. The Hall–Kier alpha value is -2.29. The lowest BCUT2D eigenvalue weighted by molar-refractivity contribution is -0.132. The van der Waals surface area contributed by atoms with Crippen LogP contribution >= 0.6 is 11.8 Å². The van der Waals surface area contributed by atoms with Crippen LogP contribution in [-0.4, -0.2) is 65.3 Å². The Bertz CT molecular complexity index is 837. The van der Waals surface area contributed by atoms with E-state index in [2.05, 4.69) is 9.97 Å². The topological polar surface area (TPSA) is 76.3 Å². The first kappa shape index (κ1) is 21.9. The largest absolute Gasteiger partial charge is 0.336 e. The number of hydrogen-bond donors (Lipinski definition) is 0. The predicted molar refractivity (Wildman–Crippen MR) is 120 cm³/mol. The highest BCUT2D eigenvalue weighted by molar-refractivity contribution is 7.99. The number of aromatic nitrogens is 4.